The molecule has 2 aromatic carbocycles. The minimum absolute atomic E-state index is 0.190. The molecule has 0 atom stereocenters. The van der Waals surface area contributed by atoms with Crippen LogP contribution < -0.4 is 20.1 Å². The van der Waals surface area contributed by atoms with Crippen LogP contribution in [0.4, 0.5) is 17.2 Å². The van der Waals surface area contributed by atoms with E-state index < -0.39 is 0 Å². The number of carbonyl (C=O) groups excluding carboxylic acids is 1. The Hall–Kier alpha value is -3.54. The molecular formula is C22H21N3O3. The number of hydrogen-bond acceptors (Lipinski definition) is 5. The lowest BCUT2D eigenvalue weighted by atomic mass is 10.1. The molecule has 4 rings (SSSR count). The number of aryl methyl sites for hydroxylation is 2. The van der Waals surface area contributed by atoms with Crippen molar-refractivity contribution in [1.29, 1.82) is 0 Å². The normalized spacial score (nSPS) is 12.4. The molecule has 6 nitrogen and oxygen atoms in total. The van der Waals surface area contributed by atoms with Crippen LogP contribution >= 0.6 is 0 Å². The van der Waals surface area contributed by atoms with Crippen molar-refractivity contribution in [1.82, 2.24) is 4.98 Å². The maximum Gasteiger partial charge on any atom is 0.257 e. The van der Waals surface area contributed by atoms with Crippen LogP contribution in [0.15, 0.2) is 54.7 Å². The first-order chi connectivity index (χ1) is 13.6. The largest absolute Gasteiger partial charge is 0.486 e. The van der Waals surface area contributed by atoms with Crippen molar-refractivity contribution < 1.29 is 14.3 Å². The molecule has 1 aliphatic heterocycles. The predicted molar refractivity (Wildman–Crippen MR) is 109 cm³/mol. The van der Waals surface area contributed by atoms with Crippen LogP contribution in [0.5, 0.6) is 11.5 Å². The molecule has 0 spiro atoms. The van der Waals surface area contributed by atoms with E-state index in [0.717, 1.165) is 28.3 Å². The first-order valence-corrected chi connectivity index (χ1v) is 9.10. The summed E-state index contributed by atoms with van der Waals surface area (Å²) in [6.07, 6.45) is 1.55. The van der Waals surface area contributed by atoms with Gasteiger partial charge in [0.2, 0.25) is 0 Å². The molecule has 3 aromatic rings. The van der Waals surface area contributed by atoms with Crippen LogP contribution in [0.1, 0.15) is 21.5 Å². The van der Waals surface area contributed by atoms with Crippen molar-refractivity contribution >= 4 is 23.1 Å². The maximum atomic E-state index is 12.5. The molecule has 0 unspecified atom stereocenters. The third-order valence-electron chi connectivity index (χ3n) is 4.47. The number of aromatic nitrogens is 1. The molecule has 6 heteroatoms. The summed E-state index contributed by atoms with van der Waals surface area (Å²) in [5.74, 6) is 1.90. The summed E-state index contributed by atoms with van der Waals surface area (Å²) in [7, 11) is 0. The minimum atomic E-state index is -0.190. The van der Waals surface area contributed by atoms with Gasteiger partial charge < -0.3 is 20.1 Å². The van der Waals surface area contributed by atoms with Crippen LogP contribution in [-0.4, -0.2) is 24.1 Å². The molecule has 28 heavy (non-hydrogen) atoms. The van der Waals surface area contributed by atoms with Gasteiger partial charge in [0.25, 0.3) is 5.91 Å². The summed E-state index contributed by atoms with van der Waals surface area (Å²) in [5.41, 5.74) is 4.32. The summed E-state index contributed by atoms with van der Waals surface area (Å²) in [5, 5.41) is 6.13. The Bertz CT molecular complexity index is 1020. The first kappa shape index (κ1) is 17.9. The average Bonchev–Trinajstić information content (AvgIpc) is 2.70. The highest BCUT2D eigenvalue weighted by Crippen LogP contribution is 2.33. The number of amides is 1. The van der Waals surface area contributed by atoms with Gasteiger partial charge in [0.05, 0.1) is 5.56 Å². The summed E-state index contributed by atoms with van der Waals surface area (Å²) in [6.45, 7) is 5.10. The second-order valence-electron chi connectivity index (χ2n) is 6.69. The van der Waals surface area contributed by atoms with E-state index in [0.29, 0.717) is 30.3 Å². The van der Waals surface area contributed by atoms with E-state index >= 15 is 0 Å². The van der Waals surface area contributed by atoms with E-state index in [1.54, 1.807) is 18.3 Å². The Kier molecular flexibility index (Phi) is 4.85. The Labute approximate surface area is 163 Å². The Morgan fingerprint density at radius 3 is 2.54 bits per heavy atom. The van der Waals surface area contributed by atoms with E-state index in [4.69, 9.17) is 9.47 Å². The van der Waals surface area contributed by atoms with Gasteiger partial charge in [-0.15, -0.1) is 0 Å². The average molecular weight is 375 g/mol. The fourth-order valence-corrected chi connectivity index (χ4v) is 3.02. The Balaban J connectivity index is 1.44. The topological polar surface area (TPSA) is 72.5 Å². The van der Waals surface area contributed by atoms with Gasteiger partial charge in [-0.3, -0.25) is 4.79 Å². The molecule has 1 amide bonds. The second kappa shape index (κ2) is 7.60. The van der Waals surface area contributed by atoms with Crippen LogP contribution in [-0.2, 0) is 0 Å². The van der Waals surface area contributed by atoms with Gasteiger partial charge in [0.1, 0.15) is 19.0 Å². The maximum absolute atomic E-state index is 12.5. The zero-order valence-electron chi connectivity index (χ0n) is 15.8. The summed E-state index contributed by atoms with van der Waals surface area (Å²) in [4.78, 5) is 16.8. The molecule has 0 aliphatic carbocycles. The fourth-order valence-electron chi connectivity index (χ4n) is 3.02. The smallest absolute Gasteiger partial charge is 0.257 e. The lowest BCUT2D eigenvalue weighted by molar-refractivity contribution is 0.102. The van der Waals surface area contributed by atoms with Crippen LogP contribution in [0.2, 0.25) is 0 Å². The summed E-state index contributed by atoms with van der Waals surface area (Å²) >= 11 is 0. The van der Waals surface area contributed by atoms with Crippen molar-refractivity contribution in [2.24, 2.45) is 0 Å². The molecule has 2 heterocycles. The monoisotopic (exact) mass is 375 g/mol. The van der Waals surface area contributed by atoms with Gasteiger partial charge in [-0.2, -0.15) is 0 Å². The van der Waals surface area contributed by atoms with Gasteiger partial charge in [0, 0.05) is 23.6 Å². The molecular weight excluding hydrogens is 354 g/mol. The highest BCUT2D eigenvalue weighted by atomic mass is 16.6. The number of rotatable bonds is 4. The summed E-state index contributed by atoms with van der Waals surface area (Å²) in [6, 6.07) is 15.1. The fraction of sp³-hybridized carbons (Fsp3) is 0.182. The van der Waals surface area contributed by atoms with Crippen molar-refractivity contribution in [2.45, 2.75) is 13.8 Å². The number of benzene rings is 2. The molecule has 0 radical (unpaired) electrons. The molecule has 1 aliphatic rings. The molecule has 0 saturated heterocycles. The lowest BCUT2D eigenvalue weighted by Gasteiger charge is -2.19. The zero-order valence-corrected chi connectivity index (χ0v) is 15.8. The van der Waals surface area contributed by atoms with Gasteiger partial charge in [-0.05, 0) is 49.7 Å². The van der Waals surface area contributed by atoms with Crippen molar-refractivity contribution in [3.05, 3.63) is 71.4 Å². The Morgan fingerprint density at radius 2 is 1.79 bits per heavy atom. The standard InChI is InChI=1S/C22H21N3O3/c1-14-3-6-18(15(2)11-14)25-22(26)16-4-8-21(23-13-16)24-17-5-7-19-20(12-17)28-10-9-27-19/h3-8,11-13H,9-10H2,1-2H3,(H,23,24)(H,25,26). The van der Waals surface area contributed by atoms with E-state index in [1.165, 1.54) is 0 Å². The highest BCUT2D eigenvalue weighted by Gasteiger charge is 2.12. The number of pyridine rings is 1. The number of fused-ring (bicyclic) bond motifs is 1. The number of anilines is 3. The minimum Gasteiger partial charge on any atom is -0.486 e. The summed E-state index contributed by atoms with van der Waals surface area (Å²) < 4.78 is 11.1. The third kappa shape index (κ3) is 3.91. The molecule has 142 valence electrons. The SMILES string of the molecule is Cc1ccc(NC(=O)c2ccc(Nc3ccc4c(c3)OCCO4)nc2)c(C)c1. The number of nitrogens with zero attached hydrogens (tertiary/aromatic N) is 1. The third-order valence-corrected chi connectivity index (χ3v) is 4.47. The van der Waals surface area contributed by atoms with Gasteiger partial charge in [-0.25, -0.2) is 4.98 Å². The van der Waals surface area contributed by atoms with Gasteiger partial charge >= 0.3 is 0 Å². The number of ether oxygens (including phenoxy) is 2. The van der Waals surface area contributed by atoms with Crippen molar-refractivity contribution in [3.63, 3.8) is 0 Å². The number of hydrogen-bond donors (Lipinski definition) is 2. The highest BCUT2D eigenvalue weighted by molar-refractivity contribution is 6.04. The Morgan fingerprint density at radius 1 is 0.964 bits per heavy atom. The van der Waals surface area contributed by atoms with Crippen LogP contribution in [0.25, 0.3) is 0 Å². The van der Waals surface area contributed by atoms with Crippen LogP contribution in [0.3, 0.4) is 0 Å². The second-order valence-corrected chi connectivity index (χ2v) is 6.69. The molecule has 0 bridgehead atoms. The van der Waals surface area contributed by atoms with E-state index in [2.05, 4.69) is 15.6 Å². The molecule has 1 aromatic heterocycles. The van der Waals surface area contributed by atoms with E-state index in [1.807, 2.05) is 50.2 Å². The lowest BCUT2D eigenvalue weighted by Crippen LogP contribution is -2.15. The van der Waals surface area contributed by atoms with E-state index in [-0.39, 0.29) is 5.91 Å². The quantitative estimate of drug-likeness (QED) is 0.704. The molecule has 0 saturated carbocycles. The first-order valence-electron chi connectivity index (χ1n) is 9.10. The predicted octanol–water partition coefficient (Wildman–Crippen LogP) is 4.47. The molecule has 2 N–H and O–H groups in total. The van der Waals surface area contributed by atoms with Gasteiger partial charge in [-0.1, -0.05) is 17.7 Å². The van der Waals surface area contributed by atoms with Crippen molar-refractivity contribution in [3.8, 4) is 11.5 Å². The van der Waals surface area contributed by atoms with Crippen molar-refractivity contribution in [2.75, 3.05) is 23.8 Å². The van der Waals surface area contributed by atoms with Crippen LogP contribution in [0, 0.1) is 13.8 Å². The number of nitrogens with one attached hydrogen (secondary N) is 2. The van der Waals surface area contributed by atoms with E-state index in [9.17, 15) is 4.79 Å². The number of carbonyl (C=O) groups is 1. The molecule has 0 fully saturated rings. The van der Waals surface area contributed by atoms with Gasteiger partial charge in [0.15, 0.2) is 11.5 Å². The zero-order chi connectivity index (χ0) is 19.5.